The highest BCUT2D eigenvalue weighted by Crippen LogP contribution is 2.24. The number of phenols is 1. The first-order chi connectivity index (χ1) is 16.7. The maximum Gasteiger partial charge on any atom is 0.236 e. The summed E-state index contributed by atoms with van der Waals surface area (Å²) in [7, 11) is 0.358. The molecule has 0 bridgehead atoms. The number of hydrogen-bond donors (Lipinski definition) is 1. The Balaban J connectivity index is 1.38. The summed E-state index contributed by atoms with van der Waals surface area (Å²) in [4.78, 5) is 17.4. The first kappa shape index (κ1) is 25.1. The van der Waals surface area contributed by atoms with Gasteiger partial charge in [0.2, 0.25) is 16.0 Å². The molecule has 1 aromatic carbocycles. The van der Waals surface area contributed by atoms with Crippen LogP contribution < -0.4 is 4.90 Å². The number of hydrogen-bond acceptors (Lipinski definition) is 8. The summed E-state index contributed by atoms with van der Waals surface area (Å²) in [5.41, 5.74) is 3.24. The van der Waals surface area contributed by atoms with E-state index in [0.29, 0.717) is 42.7 Å². The van der Waals surface area contributed by atoms with Gasteiger partial charge in [-0.15, -0.1) is 0 Å². The zero-order chi connectivity index (χ0) is 25.0. The molecule has 35 heavy (non-hydrogen) atoms. The highest BCUT2D eigenvalue weighted by atomic mass is 35.5. The zero-order valence-electron chi connectivity index (χ0n) is 19.5. The molecule has 1 N–H and O–H groups in total. The lowest BCUT2D eigenvalue weighted by molar-refractivity contribution is 0.387. The van der Waals surface area contributed by atoms with E-state index in [1.54, 1.807) is 30.7 Å². The normalized spacial score (nSPS) is 15.3. The van der Waals surface area contributed by atoms with Crippen molar-refractivity contribution in [2.45, 2.75) is 6.54 Å². The van der Waals surface area contributed by atoms with Gasteiger partial charge in [0.05, 0.1) is 5.69 Å². The van der Waals surface area contributed by atoms with Crippen LogP contribution in [0.3, 0.4) is 0 Å². The first-order valence-corrected chi connectivity index (χ1v) is 12.9. The van der Waals surface area contributed by atoms with Crippen LogP contribution in [0, 0.1) is 0 Å². The molecule has 0 saturated carbocycles. The van der Waals surface area contributed by atoms with Crippen molar-refractivity contribution in [1.82, 2.24) is 24.2 Å². The third-order valence-corrected chi connectivity index (χ3v) is 7.36. The van der Waals surface area contributed by atoms with Gasteiger partial charge in [-0.2, -0.15) is 4.31 Å². The Hall–Kier alpha value is -3.05. The third-order valence-electron chi connectivity index (χ3n) is 5.56. The number of sulfonamides is 1. The maximum atomic E-state index is 12.7. The molecule has 0 atom stereocenters. The predicted molar refractivity (Wildman–Crippen MR) is 138 cm³/mol. The summed E-state index contributed by atoms with van der Waals surface area (Å²) in [5.74, 6) is 0.491. The molecule has 0 aliphatic carbocycles. The van der Waals surface area contributed by atoms with E-state index in [1.807, 2.05) is 31.1 Å². The second kappa shape index (κ2) is 10.7. The van der Waals surface area contributed by atoms with Crippen molar-refractivity contribution in [2.24, 2.45) is 0 Å². The van der Waals surface area contributed by atoms with E-state index in [0.717, 1.165) is 28.8 Å². The second-order valence-electron chi connectivity index (χ2n) is 8.48. The van der Waals surface area contributed by atoms with Crippen LogP contribution in [0.5, 0.6) is 5.75 Å². The minimum Gasteiger partial charge on any atom is -0.507 e. The topological polar surface area (TPSA) is 103 Å². The molecule has 0 amide bonds. The Morgan fingerprint density at radius 2 is 1.74 bits per heavy atom. The fraction of sp³-hybridized carbons (Fsp3) is 0.292. The van der Waals surface area contributed by atoms with E-state index in [1.165, 1.54) is 16.4 Å². The number of halogens is 1. The number of phenolic OH excluding ortho intramolecular Hbond substituents is 1. The van der Waals surface area contributed by atoms with Crippen molar-refractivity contribution in [1.29, 1.82) is 0 Å². The van der Waals surface area contributed by atoms with Crippen LogP contribution in [0.1, 0.15) is 11.3 Å². The molecule has 0 unspecified atom stereocenters. The van der Waals surface area contributed by atoms with Gasteiger partial charge < -0.3 is 14.9 Å². The van der Waals surface area contributed by atoms with Crippen molar-refractivity contribution in [3.63, 3.8) is 0 Å². The van der Waals surface area contributed by atoms with Gasteiger partial charge in [0.25, 0.3) is 0 Å². The van der Waals surface area contributed by atoms with E-state index in [2.05, 4.69) is 19.9 Å². The molecule has 184 valence electrons. The fourth-order valence-corrected chi connectivity index (χ4v) is 5.08. The van der Waals surface area contributed by atoms with E-state index in [4.69, 9.17) is 11.6 Å². The number of aromatic nitrogens is 3. The molecular formula is C24H27ClN6O3S. The summed E-state index contributed by atoms with van der Waals surface area (Å²) < 4.78 is 26.9. The first-order valence-electron chi connectivity index (χ1n) is 11.0. The second-order valence-corrected chi connectivity index (χ2v) is 10.7. The van der Waals surface area contributed by atoms with Crippen molar-refractivity contribution >= 4 is 33.6 Å². The fourth-order valence-electron chi connectivity index (χ4n) is 3.75. The maximum absolute atomic E-state index is 12.7. The number of piperazine rings is 1. The van der Waals surface area contributed by atoms with Gasteiger partial charge in [-0.3, -0.25) is 4.98 Å². The minimum atomic E-state index is -3.64. The van der Waals surface area contributed by atoms with Gasteiger partial charge in [0.1, 0.15) is 5.75 Å². The van der Waals surface area contributed by atoms with E-state index >= 15 is 0 Å². The van der Waals surface area contributed by atoms with E-state index in [9.17, 15) is 13.5 Å². The smallest absolute Gasteiger partial charge is 0.236 e. The monoisotopic (exact) mass is 514 g/mol. The molecule has 3 aromatic rings. The van der Waals surface area contributed by atoms with Crippen LogP contribution in [0.15, 0.2) is 54.3 Å². The number of benzene rings is 1. The van der Waals surface area contributed by atoms with Crippen molar-refractivity contribution < 1.29 is 13.5 Å². The number of anilines is 1. The largest absolute Gasteiger partial charge is 0.507 e. The average molecular weight is 515 g/mol. The van der Waals surface area contributed by atoms with Gasteiger partial charge in [0, 0.05) is 72.9 Å². The molecule has 0 spiro atoms. The van der Waals surface area contributed by atoms with Crippen LogP contribution in [0.25, 0.3) is 17.2 Å². The average Bonchev–Trinajstić information content (AvgIpc) is 2.83. The minimum absolute atomic E-state index is 0.0740. The van der Waals surface area contributed by atoms with Gasteiger partial charge in [-0.05, 0) is 56.1 Å². The van der Waals surface area contributed by atoms with Crippen molar-refractivity contribution in [2.75, 3.05) is 45.2 Å². The molecule has 3 heterocycles. The van der Waals surface area contributed by atoms with Crippen LogP contribution in [0.4, 0.5) is 5.95 Å². The molecule has 9 nitrogen and oxygen atoms in total. The number of rotatable bonds is 7. The van der Waals surface area contributed by atoms with Gasteiger partial charge >= 0.3 is 0 Å². The highest BCUT2D eigenvalue weighted by molar-refractivity contribution is 7.92. The van der Waals surface area contributed by atoms with Gasteiger partial charge in [-0.1, -0.05) is 11.6 Å². The summed E-state index contributed by atoms with van der Waals surface area (Å²) in [6.07, 6.45) is 6.71. The predicted octanol–water partition coefficient (Wildman–Crippen LogP) is 3.08. The lowest BCUT2D eigenvalue weighted by Gasteiger charge is -2.33. The number of aromatic hydroxyl groups is 1. The molecule has 1 fully saturated rings. The summed E-state index contributed by atoms with van der Waals surface area (Å²) in [6, 6.07) is 8.49. The lowest BCUT2D eigenvalue weighted by Crippen LogP contribution is -2.48. The molecule has 1 aliphatic heterocycles. The van der Waals surface area contributed by atoms with Crippen LogP contribution in [0.2, 0.25) is 5.02 Å². The molecular weight excluding hydrogens is 488 g/mol. The van der Waals surface area contributed by atoms with E-state index < -0.39 is 10.0 Å². The molecule has 11 heteroatoms. The van der Waals surface area contributed by atoms with Gasteiger partial charge in [-0.25, -0.2) is 18.4 Å². The molecule has 0 radical (unpaired) electrons. The Bertz CT molecular complexity index is 1310. The molecule has 1 aliphatic rings. The Morgan fingerprint density at radius 3 is 2.40 bits per heavy atom. The SMILES string of the molecule is CN(C)Cc1cc(-c2cnc(N3CCN(S(=O)(=O)/C=C/c4ccc(Cl)cc4O)CC3)nc2)ccn1. The number of nitrogens with zero attached hydrogens (tertiary/aromatic N) is 6. The van der Waals surface area contributed by atoms with Crippen molar-refractivity contribution in [3.8, 4) is 16.9 Å². The van der Waals surface area contributed by atoms with Crippen LogP contribution in [-0.2, 0) is 16.6 Å². The summed E-state index contributed by atoms with van der Waals surface area (Å²) >= 11 is 5.83. The lowest BCUT2D eigenvalue weighted by atomic mass is 10.1. The standard InChI is InChI=1S/C24H27ClN6O3S/c1-29(2)17-22-13-19(5-7-26-22)20-15-27-24(28-16-20)30-8-10-31(11-9-30)35(33,34)12-6-18-3-4-21(25)14-23(18)32/h3-7,12-16,32H,8-11,17H2,1-2H3/b12-6+. The summed E-state index contributed by atoms with van der Waals surface area (Å²) in [6.45, 7) is 2.31. The summed E-state index contributed by atoms with van der Waals surface area (Å²) in [5, 5.41) is 11.4. The van der Waals surface area contributed by atoms with Crippen molar-refractivity contribution in [3.05, 3.63) is 70.6 Å². The zero-order valence-corrected chi connectivity index (χ0v) is 21.1. The van der Waals surface area contributed by atoms with Gasteiger partial charge in [0.15, 0.2) is 0 Å². The highest BCUT2D eigenvalue weighted by Gasteiger charge is 2.26. The van der Waals surface area contributed by atoms with Crippen LogP contribution >= 0.6 is 11.6 Å². The number of pyridine rings is 1. The molecule has 4 rings (SSSR count). The third kappa shape index (κ3) is 6.34. The molecule has 1 saturated heterocycles. The Morgan fingerprint density at radius 1 is 1.03 bits per heavy atom. The van der Waals surface area contributed by atoms with E-state index in [-0.39, 0.29) is 5.75 Å². The molecule has 2 aromatic heterocycles. The Labute approximate surface area is 210 Å². The Kier molecular flexibility index (Phi) is 7.66. The van der Waals surface area contributed by atoms with Crippen LogP contribution in [-0.4, -0.2) is 78.0 Å². The quantitative estimate of drug-likeness (QED) is 0.513.